The Balaban J connectivity index is 1.10. The summed E-state index contributed by atoms with van der Waals surface area (Å²) in [5.41, 5.74) is 15.6. The van der Waals surface area contributed by atoms with Gasteiger partial charge in [0.15, 0.2) is 0 Å². The first-order chi connectivity index (χ1) is 28.3. The van der Waals surface area contributed by atoms with Gasteiger partial charge in [0.05, 0.1) is 11.0 Å². The third-order valence-corrected chi connectivity index (χ3v) is 11.2. The molecule has 0 saturated carbocycles. The van der Waals surface area contributed by atoms with Gasteiger partial charge in [-0.3, -0.25) is 0 Å². The molecule has 268 valence electrons. The van der Waals surface area contributed by atoms with Crippen molar-refractivity contribution in [3.8, 4) is 39.1 Å². The molecule has 2 heterocycles. The molecule has 0 unspecified atom stereocenters. The summed E-state index contributed by atoms with van der Waals surface area (Å²) in [6.07, 6.45) is 0. The van der Waals surface area contributed by atoms with E-state index in [4.69, 9.17) is 4.42 Å². The number of hydrogen-bond donors (Lipinski definition) is 0. The zero-order valence-corrected chi connectivity index (χ0v) is 31.1. The summed E-state index contributed by atoms with van der Waals surface area (Å²) in [5.74, 6) is 0. The molecule has 3 nitrogen and oxygen atoms in total. The maximum atomic E-state index is 6.67. The molecule has 0 spiro atoms. The fraction of sp³-hybridized carbons (Fsp3) is 0. The van der Waals surface area contributed by atoms with Crippen molar-refractivity contribution in [2.45, 2.75) is 0 Å². The van der Waals surface area contributed by atoms with E-state index in [2.05, 4.69) is 222 Å². The molecule has 3 heteroatoms. The minimum atomic E-state index is 0.879. The van der Waals surface area contributed by atoms with E-state index < -0.39 is 0 Å². The van der Waals surface area contributed by atoms with Crippen LogP contribution in [0.1, 0.15) is 0 Å². The normalized spacial score (nSPS) is 11.5. The summed E-state index contributed by atoms with van der Waals surface area (Å²) < 4.78 is 9.08. The first-order valence-corrected chi connectivity index (χ1v) is 19.4. The predicted octanol–water partition coefficient (Wildman–Crippen LogP) is 15.2. The SMILES string of the molecule is c1ccc(-c2cccc3c2c2c(-c4ccccc4)c4c(cc2n3-c2ccc(-c3ccc(N(c5ccccc5)c5ccccc5)cc3)cc2)oc2ccccc24)cc1. The number of aromatic nitrogens is 1. The molecular weight excluding hydrogens is 693 g/mol. The predicted molar refractivity (Wildman–Crippen MR) is 239 cm³/mol. The van der Waals surface area contributed by atoms with E-state index in [1.165, 1.54) is 33.0 Å². The highest BCUT2D eigenvalue weighted by Crippen LogP contribution is 2.48. The molecule has 11 aromatic rings. The fourth-order valence-corrected chi connectivity index (χ4v) is 8.66. The van der Waals surface area contributed by atoms with Crippen LogP contribution in [0, 0.1) is 0 Å². The Labute approximate surface area is 330 Å². The molecule has 0 amide bonds. The van der Waals surface area contributed by atoms with Crippen LogP contribution in [0.15, 0.2) is 223 Å². The topological polar surface area (TPSA) is 21.3 Å². The molecule has 0 aliphatic heterocycles. The third kappa shape index (κ3) is 5.51. The molecular formula is C54H36N2O. The van der Waals surface area contributed by atoms with Crippen LogP contribution in [0.4, 0.5) is 17.1 Å². The summed E-state index contributed by atoms with van der Waals surface area (Å²) in [5, 5.41) is 4.71. The summed E-state index contributed by atoms with van der Waals surface area (Å²) in [6.45, 7) is 0. The number of furan rings is 1. The summed E-state index contributed by atoms with van der Waals surface area (Å²) in [7, 11) is 0. The van der Waals surface area contributed by atoms with Gasteiger partial charge in [0.25, 0.3) is 0 Å². The van der Waals surface area contributed by atoms with Crippen molar-refractivity contribution >= 4 is 60.8 Å². The third-order valence-electron chi connectivity index (χ3n) is 11.2. The van der Waals surface area contributed by atoms with Crippen molar-refractivity contribution < 1.29 is 4.42 Å². The average Bonchev–Trinajstić information content (AvgIpc) is 3.83. The maximum absolute atomic E-state index is 6.67. The highest BCUT2D eigenvalue weighted by atomic mass is 16.3. The van der Waals surface area contributed by atoms with Gasteiger partial charge in [0.1, 0.15) is 11.2 Å². The molecule has 0 saturated heterocycles. The Morgan fingerprint density at radius 1 is 0.351 bits per heavy atom. The Hall–Kier alpha value is -7.62. The number of nitrogens with zero attached hydrogens (tertiary/aromatic N) is 2. The van der Waals surface area contributed by atoms with Crippen LogP contribution >= 0.6 is 0 Å². The summed E-state index contributed by atoms with van der Waals surface area (Å²) in [6, 6.07) is 77.9. The molecule has 0 aliphatic carbocycles. The second-order valence-electron chi connectivity index (χ2n) is 14.5. The summed E-state index contributed by atoms with van der Waals surface area (Å²) >= 11 is 0. The van der Waals surface area contributed by atoms with Crippen molar-refractivity contribution in [2.24, 2.45) is 0 Å². The number of rotatable bonds is 7. The van der Waals surface area contributed by atoms with Gasteiger partial charge in [-0.15, -0.1) is 0 Å². The highest BCUT2D eigenvalue weighted by molar-refractivity contribution is 6.29. The zero-order valence-electron chi connectivity index (χ0n) is 31.1. The monoisotopic (exact) mass is 728 g/mol. The molecule has 0 aliphatic rings. The maximum Gasteiger partial charge on any atom is 0.138 e. The van der Waals surface area contributed by atoms with Gasteiger partial charge in [-0.2, -0.15) is 0 Å². The van der Waals surface area contributed by atoms with Crippen molar-refractivity contribution in [1.82, 2.24) is 4.57 Å². The molecule has 11 rings (SSSR count). The van der Waals surface area contributed by atoms with Crippen LogP contribution in [0.5, 0.6) is 0 Å². The van der Waals surface area contributed by atoms with Gasteiger partial charge in [-0.05, 0) is 88.5 Å². The van der Waals surface area contributed by atoms with Gasteiger partial charge in [0.2, 0.25) is 0 Å². The Bertz CT molecular complexity index is 3140. The van der Waals surface area contributed by atoms with Gasteiger partial charge < -0.3 is 13.9 Å². The lowest BCUT2D eigenvalue weighted by atomic mass is 9.92. The molecule has 0 radical (unpaired) electrons. The van der Waals surface area contributed by atoms with Gasteiger partial charge in [-0.25, -0.2) is 0 Å². The quantitative estimate of drug-likeness (QED) is 0.163. The van der Waals surface area contributed by atoms with E-state index in [1.54, 1.807) is 0 Å². The number of anilines is 3. The number of fused-ring (bicyclic) bond motifs is 6. The van der Waals surface area contributed by atoms with Crippen molar-refractivity contribution in [3.63, 3.8) is 0 Å². The van der Waals surface area contributed by atoms with E-state index in [-0.39, 0.29) is 0 Å². The lowest BCUT2D eigenvalue weighted by Crippen LogP contribution is -2.09. The average molecular weight is 729 g/mol. The van der Waals surface area contributed by atoms with Crippen LogP contribution in [-0.2, 0) is 0 Å². The first-order valence-electron chi connectivity index (χ1n) is 19.4. The molecule has 0 N–H and O–H groups in total. The van der Waals surface area contributed by atoms with E-state index in [0.29, 0.717) is 0 Å². The second kappa shape index (κ2) is 13.6. The van der Waals surface area contributed by atoms with Crippen LogP contribution in [-0.4, -0.2) is 4.57 Å². The number of hydrogen-bond acceptors (Lipinski definition) is 2. The fourth-order valence-electron chi connectivity index (χ4n) is 8.66. The van der Waals surface area contributed by atoms with Crippen molar-refractivity contribution in [2.75, 3.05) is 4.90 Å². The van der Waals surface area contributed by atoms with E-state index >= 15 is 0 Å². The zero-order chi connectivity index (χ0) is 37.7. The van der Waals surface area contributed by atoms with E-state index in [9.17, 15) is 0 Å². The first kappa shape index (κ1) is 32.8. The lowest BCUT2D eigenvalue weighted by Gasteiger charge is -2.25. The molecule has 57 heavy (non-hydrogen) atoms. The number of benzene rings is 9. The number of para-hydroxylation sites is 3. The van der Waals surface area contributed by atoms with Crippen LogP contribution in [0.3, 0.4) is 0 Å². The Morgan fingerprint density at radius 3 is 1.54 bits per heavy atom. The van der Waals surface area contributed by atoms with Gasteiger partial charge in [0, 0.05) is 55.9 Å². The van der Waals surface area contributed by atoms with E-state index in [0.717, 1.165) is 66.8 Å². The highest BCUT2D eigenvalue weighted by Gasteiger charge is 2.24. The van der Waals surface area contributed by atoms with Crippen LogP contribution in [0.25, 0.3) is 82.8 Å². The Kier molecular flexibility index (Phi) is 7.82. The summed E-state index contributed by atoms with van der Waals surface area (Å²) in [4.78, 5) is 2.29. The second-order valence-corrected chi connectivity index (χ2v) is 14.5. The van der Waals surface area contributed by atoms with Crippen molar-refractivity contribution in [3.05, 3.63) is 218 Å². The van der Waals surface area contributed by atoms with Crippen LogP contribution in [0.2, 0.25) is 0 Å². The van der Waals surface area contributed by atoms with Gasteiger partial charge >= 0.3 is 0 Å². The minimum Gasteiger partial charge on any atom is -0.456 e. The standard InChI is InChI=1S/C54H36N2O/c1-5-16-39(17-6-1)45-25-15-26-47-52(45)54-48(36-50-53(46-24-13-14-27-49(46)57-50)51(54)40-18-7-2-8-19-40)56(47)44-34-30-38(31-35-44)37-28-32-43(33-29-37)55(41-20-9-3-10-21-41)42-22-11-4-12-23-42/h1-36H. The van der Waals surface area contributed by atoms with Gasteiger partial charge in [-0.1, -0.05) is 152 Å². The Morgan fingerprint density at radius 2 is 0.895 bits per heavy atom. The molecule has 2 aromatic heterocycles. The largest absolute Gasteiger partial charge is 0.456 e. The van der Waals surface area contributed by atoms with Crippen molar-refractivity contribution in [1.29, 1.82) is 0 Å². The van der Waals surface area contributed by atoms with Crippen LogP contribution < -0.4 is 4.90 Å². The molecule has 0 atom stereocenters. The molecule has 0 fully saturated rings. The van der Waals surface area contributed by atoms with E-state index in [1.807, 2.05) is 6.07 Å². The smallest absolute Gasteiger partial charge is 0.138 e. The molecule has 9 aromatic carbocycles. The minimum absolute atomic E-state index is 0.879. The lowest BCUT2D eigenvalue weighted by molar-refractivity contribution is 0.669. The molecule has 0 bridgehead atoms.